The maximum atomic E-state index is 13.8. The van der Waals surface area contributed by atoms with E-state index in [2.05, 4.69) is 0 Å². The molecule has 0 radical (unpaired) electrons. The van der Waals surface area contributed by atoms with E-state index in [4.69, 9.17) is 16.7 Å². The summed E-state index contributed by atoms with van der Waals surface area (Å²) in [6.07, 6.45) is 0.114. The number of ketones is 1. The Morgan fingerprint density at radius 1 is 1.42 bits per heavy atom. The minimum Gasteiger partial charge on any atom is -0.465 e. The van der Waals surface area contributed by atoms with Crippen molar-refractivity contribution < 1.29 is 19.1 Å². The highest BCUT2D eigenvalue weighted by Crippen LogP contribution is 2.25. The highest BCUT2D eigenvalue weighted by molar-refractivity contribution is 6.31. The van der Waals surface area contributed by atoms with E-state index >= 15 is 0 Å². The fourth-order valence-corrected chi connectivity index (χ4v) is 2.45. The SMILES string of the molecule is O=C(c1cccc(Cl)c1F)C1CCCN(C(=O)O)C1. The second-order valence-electron chi connectivity index (χ2n) is 4.53. The van der Waals surface area contributed by atoms with Gasteiger partial charge in [-0.25, -0.2) is 9.18 Å². The summed E-state index contributed by atoms with van der Waals surface area (Å²) in [6.45, 7) is 0.525. The van der Waals surface area contributed by atoms with E-state index in [9.17, 15) is 14.0 Å². The van der Waals surface area contributed by atoms with Crippen LogP contribution in [0.1, 0.15) is 23.2 Å². The van der Waals surface area contributed by atoms with Crippen molar-refractivity contribution in [2.45, 2.75) is 12.8 Å². The molecule has 1 unspecified atom stereocenters. The highest BCUT2D eigenvalue weighted by atomic mass is 35.5. The van der Waals surface area contributed by atoms with Crippen LogP contribution in [0.5, 0.6) is 0 Å². The highest BCUT2D eigenvalue weighted by Gasteiger charge is 2.30. The smallest absolute Gasteiger partial charge is 0.407 e. The Hall–Kier alpha value is -1.62. The molecule has 1 saturated heterocycles. The van der Waals surface area contributed by atoms with Crippen molar-refractivity contribution in [2.24, 2.45) is 5.92 Å². The van der Waals surface area contributed by atoms with Crippen LogP contribution in [0.4, 0.5) is 9.18 Å². The minimum absolute atomic E-state index is 0.0651. The topological polar surface area (TPSA) is 57.6 Å². The zero-order valence-corrected chi connectivity index (χ0v) is 10.9. The van der Waals surface area contributed by atoms with Gasteiger partial charge in [0.25, 0.3) is 0 Å². The molecule has 102 valence electrons. The van der Waals surface area contributed by atoms with Gasteiger partial charge < -0.3 is 10.0 Å². The number of carbonyl (C=O) groups excluding carboxylic acids is 1. The number of carboxylic acid groups (broad SMARTS) is 1. The average Bonchev–Trinajstić information content (AvgIpc) is 2.41. The van der Waals surface area contributed by atoms with Gasteiger partial charge in [0.1, 0.15) is 0 Å². The summed E-state index contributed by atoms with van der Waals surface area (Å²) >= 11 is 5.64. The van der Waals surface area contributed by atoms with Crippen LogP contribution in [0.2, 0.25) is 5.02 Å². The molecule has 19 heavy (non-hydrogen) atoms. The summed E-state index contributed by atoms with van der Waals surface area (Å²) in [7, 11) is 0. The van der Waals surface area contributed by atoms with Gasteiger partial charge in [-0.1, -0.05) is 17.7 Å². The van der Waals surface area contributed by atoms with Gasteiger partial charge in [0, 0.05) is 19.0 Å². The maximum Gasteiger partial charge on any atom is 0.407 e. The molecular weight excluding hydrogens is 273 g/mol. The van der Waals surface area contributed by atoms with Crippen molar-refractivity contribution in [3.8, 4) is 0 Å². The van der Waals surface area contributed by atoms with Gasteiger partial charge in [-0.2, -0.15) is 0 Å². The predicted octanol–water partition coefficient (Wildman–Crippen LogP) is 3.05. The maximum absolute atomic E-state index is 13.8. The van der Waals surface area contributed by atoms with E-state index in [0.29, 0.717) is 19.4 Å². The fourth-order valence-electron chi connectivity index (χ4n) is 2.28. The Balaban J connectivity index is 2.19. The predicted molar refractivity (Wildman–Crippen MR) is 68.1 cm³/mol. The molecule has 1 aliphatic rings. The quantitative estimate of drug-likeness (QED) is 0.850. The van der Waals surface area contributed by atoms with E-state index in [1.807, 2.05) is 0 Å². The van der Waals surface area contributed by atoms with E-state index in [-0.39, 0.29) is 22.9 Å². The lowest BCUT2D eigenvalue weighted by Gasteiger charge is -2.29. The number of hydrogen-bond donors (Lipinski definition) is 1. The molecule has 0 spiro atoms. The Morgan fingerprint density at radius 3 is 2.84 bits per heavy atom. The molecule has 1 fully saturated rings. The Morgan fingerprint density at radius 2 is 2.16 bits per heavy atom. The van der Waals surface area contributed by atoms with Crippen molar-refractivity contribution >= 4 is 23.5 Å². The first kappa shape index (κ1) is 13.8. The third-order valence-electron chi connectivity index (χ3n) is 3.28. The van der Waals surface area contributed by atoms with E-state index in [1.54, 1.807) is 0 Å². The van der Waals surface area contributed by atoms with Gasteiger partial charge >= 0.3 is 6.09 Å². The number of nitrogens with zero attached hydrogens (tertiary/aromatic N) is 1. The van der Waals surface area contributed by atoms with Crippen molar-refractivity contribution in [3.63, 3.8) is 0 Å². The van der Waals surface area contributed by atoms with Gasteiger partial charge in [0.05, 0.1) is 10.6 Å². The zero-order chi connectivity index (χ0) is 14.0. The normalized spacial score (nSPS) is 19.3. The molecule has 0 saturated carbocycles. The third kappa shape index (κ3) is 2.87. The Labute approximate surface area is 114 Å². The summed E-state index contributed by atoms with van der Waals surface area (Å²) in [4.78, 5) is 24.3. The van der Waals surface area contributed by atoms with Gasteiger partial charge in [-0.15, -0.1) is 0 Å². The zero-order valence-electron chi connectivity index (χ0n) is 10.1. The number of likely N-dealkylation sites (tertiary alicyclic amines) is 1. The lowest BCUT2D eigenvalue weighted by molar-refractivity contribution is 0.0803. The summed E-state index contributed by atoms with van der Waals surface area (Å²) in [6, 6.07) is 4.26. The molecule has 2 rings (SSSR count). The molecule has 0 aliphatic carbocycles. The number of carbonyl (C=O) groups is 2. The average molecular weight is 286 g/mol. The van der Waals surface area contributed by atoms with Crippen LogP contribution >= 0.6 is 11.6 Å². The molecule has 1 N–H and O–H groups in total. The number of benzene rings is 1. The summed E-state index contributed by atoms with van der Waals surface area (Å²) < 4.78 is 13.8. The van der Waals surface area contributed by atoms with Crippen LogP contribution in [0.15, 0.2) is 18.2 Å². The molecule has 1 atom stereocenters. The largest absolute Gasteiger partial charge is 0.465 e. The number of halogens is 2. The molecule has 1 aromatic rings. The van der Waals surface area contributed by atoms with Crippen LogP contribution in [0, 0.1) is 11.7 Å². The van der Waals surface area contributed by atoms with Crippen molar-refractivity contribution in [1.82, 2.24) is 4.90 Å². The molecule has 1 heterocycles. The van der Waals surface area contributed by atoms with Gasteiger partial charge in [0.2, 0.25) is 0 Å². The Kier molecular flexibility index (Phi) is 4.04. The van der Waals surface area contributed by atoms with E-state index in [0.717, 1.165) is 0 Å². The molecule has 0 aromatic heterocycles. The van der Waals surface area contributed by atoms with Crippen LogP contribution in [0.25, 0.3) is 0 Å². The first-order valence-electron chi connectivity index (χ1n) is 5.97. The van der Waals surface area contributed by atoms with Crippen molar-refractivity contribution in [2.75, 3.05) is 13.1 Å². The van der Waals surface area contributed by atoms with Crippen LogP contribution < -0.4 is 0 Å². The summed E-state index contributed by atoms with van der Waals surface area (Å²) in [5.74, 6) is -1.62. The molecule has 1 aliphatic heterocycles. The number of rotatable bonds is 2. The second-order valence-corrected chi connectivity index (χ2v) is 4.94. The number of hydrogen-bond acceptors (Lipinski definition) is 2. The number of piperidine rings is 1. The van der Waals surface area contributed by atoms with Gasteiger partial charge in [-0.05, 0) is 25.0 Å². The lowest BCUT2D eigenvalue weighted by atomic mass is 9.90. The molecule has 4 nitrogen and oxygen atoms in total. The standard InChI is InChI=1S/C13H13ClFNO3/c14-10-5-1-4-9(11(10)15)12(17)8-3-2-6-16(7-8)13(18)19/h1,4-5,8H,2-3,6-7H2,(H,18,19). The van der Waals surface area contributed by atoms with Crippen molar-refractivity contribution in [1.29, 1.82) is 0 Å². The second kappa shape index (κ2) is 5.57. The molecule has 6 heteroatoms. The summed E-state index contributed by atoms with van der Waals surface area (Å²) in [5, 5.41) is 8.83. The fraction of sp³-hybridized carbons (Fsp3) is 0.385. The minimum atomic E-state index is -1.05. The number of Topliss-reactive ketones (excluding diaryl/α,β-unsaturated/α-hetero) is 1. The third-order valence-corrected chi connectivity index (χ3v) is 3.57. The molecular formula is C13H13ClFNO3. The van der Waals surface area contributed by atoms with Crippen LogP contribution in [-0.2, 0) is 0 Å². The van der Waals surface area contributed by atoms with E-state index in [1.165, 1.54) is 23.1 Å². The Bertz CT molecular complexity index is 521. The van der Waals surface area contributed by atoms with Crippen LogP contribution in [0.3, 0.4) is 0 Å². The monoisotopic (exact) mass is 285 g/mol. The molecule has 0 bridgehead atoms. The molecule has 1 aromatic carbocycles. The molecule has 1 amide bonds. The first-order chi connectivity index (χ1) is 9.00. The van der Waals surface area contributed by atoms with Crippen LogP contribution in [-0.4, -0.2) is 35.0 Å². The van der Waals surface area contributed by atoms with Gasteiger partial charge in [0.15, 0.2) is 11.6 Å². The van der Waals surface area contributed by atoms with Crippen molar-refractivity contribution in [3.05, 3.63) is 34.6 Å². The van der Waals surface area contributed by atoms with E-state index < -0.39 is 17.8 Å². The van der Waals surface area contributed by atoms with Gasteiger partial charge in [-0.3, -0.25) is 4.79 Å². The first-order valence-corrected chi connectivity index (χ1v) is 6.34. The lowest BCUT2D eigenvalue weighted by Crippen LogP contribution is -2.41. The number of amides is 1. The summed E-state index contributed by atoms with van der Waals surface area (Å²) in [5.41, 5.74) is -0.0651.